The van der Waals surface area contributed by atoms with Gasteiger partial charge in [0.05, 0.1) is 0 Å². The zero-order valence-corrected chi connectivity index (χ0v) is 18.7. The first-order chi connectivity index (χ1) is 15.9. The molecule has 0 bridgehead atoms. The number of hydrogen-bond donors (Lipinski definition) is 2. The largest absolute Gasteiger partial charge is 0.465 e. The van der Waals surface area contributed by atoms with E-state index in [0.29, 0.717) is 5.92 Å². The maximum atomic E-state index is 13.7. The topological polar surface area (TPSA) is 86.9 Å². The Balaban J connectivity index is 1.60. The number of carboxylic acid groups (broad SMARTS) is 1. The van der Waals surface area contributed by atoms with E-state index in [4.69, 9.17) is 5.73 Å². The van der Waals surface area contributed by atoms with Gasteiger partial charge >= 0.3 is 6.09 Å². The fraction of sp³-hybridized carbons (Fsp3) is 0.259. The summed E-state index contributed by atoms with van der Waals surface area (Å²) in [4.78, 5) is 28.7. The van der Waals surface area contributed by atoms with Crippen molar-refractivity contribution in [2.24, 2.45) is 5.73 Å². The van der Waals surface area contributed by atoms with E-state index in [1.54, 1.807) is 11.9 Å². The minimum Gasteiger partial charge on any atom is -0.465 e. The van der Waals surface area contributed by atoms with Gasteiger partial charge in [-0.05, 0) is 35.2 Å². The van der Waals surface area contributed by atoms with E-state index in [2.05, 4.69) is 0 Å². The highest BCUT2D eigenvalue weighted by molar-refractivity contribution is 5.98. The Bertz CT molecular complexity index is 1090. The molecule has 4 rings (SSSR count). The molecule has 0 heterocycles. The molecule has 1 unspecified atom stereocenters. The molecule has 1 fully saturated rings. The van der Waals surface area contributed by atoms with Crippen molar-refractivity contribution >= 4 is 17.7 Å². The lowest BCUT2D eigenvalue weighted by Gasteiger charge is -2.32. The van der Waals surface area contributed by atoms with Gasteiger partial charge in [0.25, 0.3) is 0 Å². The van der Waals surface area contributed by atoms with E-state index in [1.807, 2.05) is 84.9 Å². The molecular formula is C27H29N3O3. The number of hydrogen-bond acceptors (Lipinski definition) is 3. The van der Waals surface area contributed by atoms with Crippen molar-refractivity contribution in [3.05, 3.63) is 102 Å². The fourth-order valence-electron chi connectivity index (χ4n) is 4.15. The molecule has 33 heavy (non-hydrogen) atoms. The van der Waals surface area contributed by atoms with Crippen molar-refractivity contribution in [2.75, 3.05) is 11.9 Å². The van der Waals surface area contributed by atoms with Crippen LogP contribution in [0.15, 0.2) is 84.9 Å². The number of nitrogens with two attached hydrogens (primary N) is 1. The van der Waals surface area contributed by atoms with Crippen molar-refractivity contribution in [1.29, 1.82) is 0 Å². The standard InChI is InChI=1S/C27H29N3O3/c1-29(22-14-12-21(13-15-22)23-17-24(23)28)26(31)25(16-19-8-4-2-5-9-19)30(27(32)33)18-20-10-6-3-7-11-20/h2-15,23-25H,16-18,28H2,1H3,(H,32,33)/t23-,24+,25?/m0/s1. The second-order valence-electron chi connectivity index (χ2n) is 8.60. The van der Waals surface area contributed by atoms with Crippen molar-refractivity contribution < 1.29 is 14.7 Å². The van der Waals surface area contributed by atoms with Gasteiger partial charge in [-0.3, -0.25) is 9.69 Å². The van der Waals surface area contributed by atoms with Crippen molar-refractivity contribution in [3.8, 4) is 0 Å². The quantitative estimate of drug-likeness (QED) is 0.545. The number of benzene rings is 3. The molecule has 1 aliphatic carbocycles. The lowest BCUT2D eigenvalue weighted by atomic mass is 10.0. The predicted octanol–water partition coefficient (Wildman–Crippen LogP) is 4.26. The Kier molecular flexibility index (Phi) is 6.75. The SMILES string of the molecule is CN(C(=O)C(Cc1ccccc1)N(Cc1ccccc1)C(=O)O)c1ccc([C@@H]2C[C@H]2N)cc1. The van der Waals surface area contributed by atoms with Gasteiger partial charge in [0.2, 0.25) is 5.91 Å². The number of carbonyl (C=O) groups excluding carboxylic acids is 1. The Hall–Kier alpha value is -3.64. The van der Waals surface area contributed by atoms with Gasteiger partial charge in [-0.15, -0.1) is 0 Å². The van der Waals surface area contributed by atoms with Crippen LogP contribution in [-0.4, -0.2) is 41.1 Å². The molecular weight excluding hydrogens is 414 g/mol. The smallest absolute Gasteiger partial charge is 0.408 e. The van der Waals surface area contributed by atoms with Gasteiger partial charge < -0.3 is 15.7 Å². The molecule has 3 aromatic rings. The molecule has 3 atom stereocenters. The van der Waals surface area contributed by atoms with E-state index in [1.165, 1.54) is 10.5 Å². The van der Waals surface area contributed by atoms with E-state index in [0.717, 1.165) is 23.2 Å². The summed E-state index contributed by atoms with van der Waals surface area (Å²) >= 11 is 0. The van der Waals surface area contributed by atoms with Crippen molar-refractivity contribution in [1.82, 2.24) is 4.90 Å². The molecule has 0 spiro atoms. The molecule has 0 saturated heterocycles. The first kappa shape index (κ1) is 22.6. The molecule has 2 amide bonds. The van der Waals surface area contributed by atoms with E-state index in [-0.39, 0.29) is 24.9 Å². The van der Waals surface area contributed by atoms with E-state index < -0.39 is 12.1 Å². The Morgan fingerprint density at radius 2 is 1.48 bits per heavy atom. The van der Waals surface area contributed by atoms with Gasteiger partial charge in [-0.2, -0.15) is 0 Å². The van der Waals surface area contributed by atoms with Crippen molar-refractivity contribution in [3.63, 3.8) is 0 Å². The summed E-state index contributed by atoms with van der Waals surface area (Å²) in [5.74, 6) is 0.118. The van der Waals surface area contributed by atoms with E-state index >= 15 is 0 Å². The Morgan fingerprint density at radius 3 is 2.00 bits per heavy atom. The lowest BCUT2D eigenvalue weighted by molar-refractivity contribution is -0.123. The van der Waals surface area contributed by atoms with Crippen LogP contribution in [0.5, 0.6) is 0 Å². The lowest BCUT2D eigenvalue weighted by Crippen LogP contribution is -2.50. The molecule has 0 radical (unpaired) electrons. The second-order valence-corrected chi connectivity index (χ2v) is 8.60. The third kappa shape index (κ3) is 5.41. The average molecular weight is 444 g/mol. The molecule has 6 nitrogen and oxygen atoms in total. The average Bonchev–Trinajstić information content (AvgIpc) is 3.58. The van der Waals surface area contributed by atoms with Crippen LogP contribution in [0.4, 0.5) is 10.5 Å². The molecule has 3 aromatic carbocycles. The predicted molar refractivity (Wildman–Crippen MR) is 129 cm³/mol. The van der Waals surface area contributed by atoms with Crippen LogP contribution < -0.4 is 10.6 Å². The van der Waals surface area contributed by atoms with Crippen LogP contribution in [0.25, 0.3) is 0 Å². The maximum Gasteiger partial charge on any atom is 0.408 e. The number of likely N-dealkylation sites (N-methyl/N-ethyl adjacent to an activating group) is 1. The number of rotatable bonds is 8. The summed E-state index contributed by atoms with van der Waals surface area (Å²) in [6.07, 6.45) is 0.151. The minimum atomic E-state index is -1.13. The molecule has 0 aromatic heterocycles. The maximum absolute atomic E-state index is 13.7. The second kappa shape index (κ2) is 9.88. The van der Waals surface area contributed by atoms with Crippen LogP contribution >= 0.6 is 0 Å². The van der Waals surface area contributed by atoms with Crippen LogP contribution in [0.2, 0.25) is 0 Å². The Labute approximate surface area is 194 Å². The summed E-state index contributed by atoms with van der Waals surface area (Å²) in [5.41, 5.74) is 9.59. The molecule has 1 aliphatic rings. The van der Waals surface area contributed by atoms with Gasteiger partial charge in [0.1, 0.15) is 6.04 Å². The number of amides is 2. The zero-order chi connectivity index (χ0) is 23.4. The first-order valence-electron chi connectivity index (χ1n) is 11.1. The first-order valence-corrected chi connectivity index (χ1v) is 11.1. The highest BCUT2D eigenvalue weighted by Gasteiger charge is 2.35. The number of nitrogens with zero attached hydrogens (tertiary/aromatic N) is 2. The van der Waals surface area contributed by atoms with E-state index in [9.17, 15) is 14.7 Å². The zero-order valence-electron chi connectivity index (χ0n) is 18.7. The van der Waals surface area contributed by atoms with Gasteiger partial charge in [-0.25, -0.2) is 4.79 Å². The molecule has 0 aliphatic heterocycles. The van der Waals surface area contributed by atoms with Gasteiger partial charge in [-0.1, -0.05) is 72.8 Å². The van der Waals surface area contributed by atoms with Gasteiger partial charge in [0, 0.05) is 37.7 Å². The third-order valence-corrected chi connectivity index (χ3v) is 6.25. The summed E-state index contributed by atoms with van der Waals surface area (Å²) in [5, 5.41) is 10.1. The third-order valence-electron chi connectivity index (χ3n) is 6.25. The summed E-state index contributed by atoms with van der Waals surface area (Å²) in [6, 6.07) is 26.0. The van der Waals surface area contributed by atoms with Crippen LogP contribution in [0, 0.1) is 0 Å². The summed E-state index contributed by atoms with van der Waals surface area (Å²) in [6.45, 7) is 0.131. The summed E-state index contributed by atoms with van der Waals surface area (Å²) < 4.78 is 0. The van der Waals surface area contributed by atoms with Crippen molar-refractivity contribution in [2.45, 2.75) is 37.4 Å². The van der Waals surface area contributed by atoms with Crippen LogP contribution in [-0.2, 0) is 17.8 Å². The molecule has 6 heteroatoms. The molecule has 1 saturated carbocycles. The van der Waals surface area contributed by atoms with Gasteiger partial charge in [0.15, 0.2) is 0 Å². The van der Waals surface area contributed by atoms with Crippen LogP contribution in [0.1, 0.15) is 29.0 Å². The monoisotopic (exact) mass is 443 g/mol. The molecule has 170 valence electrons. The molecule has 3 N–H and O–H groups in total. The summed E-state index contributed by atoms with van der Waals surface area (Å²) in [7, 11) is 1.70. The number of anilines is 1. The highest BCUT2D eigenvalue weighted by Crippen LogP contribution is 2.39. The minimum absolute atomic E-state index is 0.131. The normalized spacial score (nSPS) is 17.8. The fourth-order valence-corrected chi connectivity index (χ4v) is 4.15. The highest BCUT2D eigenvalue weighted by atomic mass is 16.4. The Morgan fingerprint density at radius 1 is 0.939 bits per heavy atom. The van der Waals surface area contributed by atoms with Crippen LogP contribution in [0.3, 0.4) is 0 Å². The number of carbonyl (C=O) groups is 2.